The molecule has 1 atom stereocenters. The predicted octanol–water partition coefficient (Wildman–Crippen LogP) is 2.63. The first-order valence-corrected chi connectivity index (χ1v) is 8.80. The molecule has 6 heteroatoms. The zero-order chi connectivity index (χ0) is 15.5. The van der Waals surface area contributed by atoms with Crippen LogP contribution in [-0.4, -0.2) is 26.7 Å². The molecular formula is C15H20N2O3S. The van der Waals surface area contributed by atoms with E-state index in [9.17, 15) is 13.2 Å². The number of urea groups is 1. The van der Waals surface area contributed by atoms with Crippen molar-refractivity contribution in [2.24, 2.45) is 0 Å². The van der Waals surface area contributed by atoms with Crippen LogP contribution in [0.3, 0.4) is 0 Å². The summed E-state index contributed by atoms with van der Waals surface area (Å²) < 4.78 is 23.5. The number of amides is 2. The lowest BCUT2D eigenvalue weighted by atomic mass is 10.0. The molecule has 1 aliphatic carbocycles. The van der Waals surface area contributed by atoms with Crippen molar-refractivity contribution in [1.82, 2.24) is 5.32 Å². The molecule has 2 amide bonds. The van der Waals surface area contributed by atoms with Crippen molar-refractivity contribution in [2.75, 3.05) is 11.6 Å². The Morgan fingerprint density at radius 1 is 1.33 bits per heavy atom. The highest BCUT2D eigenvalue weighted by Crippen LogP contribution is 2.22. The van der Waals surface area contributed by atoms with E-state index in [0.29, 0.717) is 5.69 Å². The topological polar surface area (TPSA) is 75.3 Å². The molecule has 1 aromatic rings. The van der Waals surface area contributed by atoms with Crippen LogP contribution in [0.25, 0.3) is 0 Å². The van der Waals surface area contributed by atoms with Gasteiger partial charge in [0.25, 0.3) is 0 Å². The molecule has 114 valence electrons. The van der Waals surface area contributed by atoms with E-state index in [1.807, 2.05) is 19.1 Å². The molecular weight excluding hydrogens is 288 g/mol. The van der Waals surface area contributed by atoms with Crippen molar-refractivity contribution in [3.8, 4) is 0 Å². The molecule has 0 aromatic heterocycles. The summed E-state index contributed by atoms with van der Waals surface area (Å²) in [6.45, 7) is 1.85. The van der Waals surface area contributed by atoms with Crippen LogP contribution >= 0.6 is 0 Å². The molecule has 0 saturated carbocycles. The number of anilines is 1. The number of benzene rings is 1. The fourth-order valence-corrected chi connectivity index (χ4v) is 3.15. The molecule has 0 radical (unpaired) electrons. The normalized spacial score (nSPS) is 18.3. The van der Waals surface area contributed by atoms with E-state index in [1.54, 1.807) is 12.1 Å². The minimum atomic E-state index is -3.39. The Bertz CT molecular complexity index is 665. The Morgan fingerprint density at radius 3 is 2.71 bits per heavy atom. The second-order valence-electron chi connectivity index (χ2n) is 5.34. The molecule has 0 fully saturated rings. The van der Waals surface area contributed by atoms with E-state index in [-0.39, 0.29) is 17.0 Å². The Hall–Kier alpha value is -1.82. The molecule has 2 N–H and O–H groups in total. The van der Waals surface area contributed by atoms with Gasteiger partial charge in [-0.05, 0) is 43.9 Å². The van der Waals surface area contributed by atoms with Crippen LogP contribution in [0.5, 0.6) is 0 Å². The minimum absolute atomic E-state index is 0.00485. The number of hydrogen-bond acceptors (Lipinski definition) is 3. The molecule has 1 unspecified atom stereocenters. The van der Waals surface area contributed by atoms with Gasteiger partial charge in [0, 0.05) is 12.3 Å². The number of carbonyl (C=O) groups is 1. The number of nitrogens with one attached hydrogen (secondary N) is 2. The van der Waals surface area contributed by atoms with Crippen LogP contribution in [-0.2, 0) is 9.84 Å². The third-order valence-electron chi connectivity index (χ3n) is 3.35. The van der Waals surface area contributed by atoms with Gasteiger partial charge in [-0.3, -0.25) is 0 Å². The third kappa shape index (κ3) is 4.32. The van der Waals surface area contributed by atoms with Gasteiger partial charge >= 0.3 is 6.03 Å². The molecule has 21 heavy (non-hydrogen) atoms. The summed E-state index contributed by atoms with van der Waals surface area (Å²) in [5, 5.41) is 5.48. The predicted molar refractivity (Wildman–Crippen MR) is 83.2 cm³/mol. The van der Waals surface area contributed by atoms with Crippen molar-refractivity contribution in [3.63, 3.8) is 0 Å². The maximum absolute atomic E-state index is 12.0. The van der Waals surface area contributed by atoms with Gasteiger partial charge in [-0.2, -0.15) is 0 Å². The van der Waals surface area contributed by atoms with E-state index in [4.69, 9.17) is 0 Å². The van der Waals surface area contributed by atoms with Crippen LogP contribution < -0.4 is 10.6 Å². The van der Waals surface area contributed by atoms with Gasteiger partial charge in [0.05, 0.1) is 10.6 Å². The first kappa shape index (κ1) is 15.6. The third-order valence-corrected chi connectivity index (χ3v) is 4.51. The van der Waals surface area contributed by atoms with Crippen LogP contribution in [0, 0.1) is 6.92 Å². The summed E-state index contributed by atoms with van der Waals surface area (Å²) in [7, 11) is -3.39. The largest absolute Gasteiger partial charge is 0.332 e. The fourth-order valence-electron chi connectivity index (χ4n) is 2.32. The van der Waals surface area contributed by atoms with Crippen LogP contribution in [0.4, 0.5) is 10.5 Å². The highest BCUT2D eigenvalue weighted by molar-refractivity contribution is 7.90. The minimum Gasteiger partial charge on any atom is -0.332 e. The molecule has 0 spiro atoms. The van der Waals surface area contributed by atoms with Gasteiger partial charge < -0.3 is 10.6 Å². The maximum atomic E-state index is 12.0. The fraction of sp³-hybridized carbons (Fsp3) is 0.400. The highest BCUT2D eigenvalue weighted by atomic mass is 32.2. The molecule has 1 aliphatic rings. The number of sulfone groups is 1. The Kier molecular flexibility index (Phi) is 4.67. The molecule has 0 saturated heterocycles. The quantitative estimate of drug-likeness (QED) is 0.843. The zero-order valence-corrected chi connectivity index (χ0v) is 13.0. The number of carbonyl (C=O) groups excluding carboxylic acids is 1. The number of aryl methyl sites for hydroxylation is 1. The van der Waals surface area contributed by atoms with E-state index >= 15 is 0 Å². The van der Waals surface area contributed by atoms with Gasteiger partial charge in [0.1, 0.15) is 0 Å². The molecule has 0 bridgehead atoms. The SMILES string of the molecule is Cc1ccc(S(C)(=O)=O)c(NC(=O)NC2C=CCCC2)c1. The van der Waals surface area contributed by atoms with Crippen molar-refractivity contribution in [2.45, 2.75) is 37.1 Å². The second-order valence-corrected chi connectivity index (χ2v) is 7.32. The van der Waals surface area contributed by atoms with Gasteiger partial charge in [-0.15, -0.1) is 0 Å². The van der Waals surface area contributed by atoms with Crippen LogP contribution in [0.2, 0.25) is 0 Å². The second kappa shape index (κ2) is 6.30. The van der Waals surface area contributed by atoms with Crippen molar-refractivity contribution in [3.05, 3.63) is 35.9 Å². The summed E-state index contributed by atoms with van der Waals surface area (Å²) in [6, 6.07) is 4.50. The molecule has 0 heterocycles. The van der Waals surface area contributed by atoms with Gasteiger partial charge in [-0.25, -0.2) is 13.2 Å². The smallest absolute Gasteiger partial charge is 0.319 e. The lowest BCUT2D eigenvalue weighted by Crippen LogP contribution is -2.37. The standard InChI is InChI=1S/C15H20N2O3S/c1-11-8-9-14(21(2,19)20)13(10-11)17-15(18)16-12-6-4-3-5-7-12/h4,6,8-10,12H,3,5,7H2,1-2H3,(H2,16,17,18). The first-order valence-electron chi connectivity index (χ1n) is 6.91. The first-order chi connectivity index (χ1) is 9.86. The highest BCUT2D eigenvalue weighted by Gasteiger charge is 2.17. The van der Waals surface area contributed by atoms with Crippen LogP contribution in [0.15, 0.2) is 35.2 Å². The Morgan fingerprint density at radius 2 is 2.10 bits per heavy atom. The van der Waals surface area contributed by atoms with E-state index < -0.39 is 9.84 Å². The molecule has 1 aromatic carbocycles. The lowest BCUT2D eigenvalue weighted by Gasteiger charge is -2.19. The van der Waals surface area contributed by atoms with Crippen molar-refractivity contribution in [1.29, 1.82) is 0 Å². The number of rotatable bonds is 3. The summed E-state index contributed by atoms with van der Waals surface area (Å²) in [5.74, 6) is 0. The maximum Gasteiger partial charge on any atom is 0.319 e. The van der Waals surface area contributed by atoms with Crippen molar-refractivity contribution >= 4 is 21.6 Å². The average Bonchev–Trinajstić information content (AvgIpc) is 2.38. The average molecular weight is 308 g/mol. The molecule has 0 aliphatic heterocycles. The summed E-state index contributed by atoms with van der Waals surface area (Å²) in [6.07, 6.45) is 8.12. The monoisotopic (exact) mass is 308 g/mol. The van der Waals surface area contributed by atoms with Crippen molar-refractivity contribution < 1.29 is 13.2 Å². The summed E-state index contributed by atoms with van der Waals surface area (Å²) >= 11 is 0. The molecule has 5 nitrogen and oxygen atoms in total. The zero-order valence-electron chi connectivity index (χ0n) is 12.2. The van der Waals surface area contributed by atoms with E-state index in [1.165, 1.54) is 6.07 Å². The van der Waals surface area contributed by atoms with E-state index in [2.05, 4.69) is 10.6 Å². The Labute approximate surface area is 125 Å². The van der Waals surface area contributed by atoms with Crippen LogP contribution in [0.1, 0.15) is 24.8 Å². The lowest BCUT2D eigenvalue weighted by molar-refractivity contribution is 0.249. The summed E-state index contributed by atoms with van der Waals surface area (Å²) in [4.78, 5) is 12.1. The molecule has 2 rings (SSSR count). The number of allylic oxidation sites excluding steroid dienone is 1. The van der Waals surface area contributed by atoms with E-state index in [0.717, 1.165) is 31.1 Å². The van der Waals surface area contributed by atoms with Gasteiger partial charge in [0.15, 0.2) is 9.84 Å². The summed E-state index contributed by atoms with van der Waals surface area (Å²) in [5.41, 5.74) is 1.20. The van der Waals surface area contributed by atoms with Gasteiger partial charge in [0.2, 0.25) is 0 Å². The number of hydrogen-bond donors (Lipinski definition) is 2. The van der Waals surface area contributed by atoms with Gasteiger partial charge in [-0.1, -0.05) is 18.2 Å². The Balaban J connectivity index is 2.15.